The van der Waals surface area contributed by atoms with Gasteiger partial charge in [-0.1, -0.05) is 18.3 Å². The van der Waals surface area contributed by atoms with Crippen LogP contribution in [-0.4, -0.2) is 35.9 Å². The molecule has 0 saturated heterocycles. The van der Waals surface area contributed by atoms with Gasteiger partial charge in [-0.05, 0) is 33.6 Å². The van der Waals surface area contributed by atoms with Crippen LogP contribution < -0.4 is 10.8 Å². The Morgan fingerprint density at radius 3 is 2.65 bits per heavy atom. The molecule has 1 aromatic rings. The summed E-state index contributed by atoms with van der Waals surface area (Å²) >= 11 is 0. The first kappa shape index (κ1) is 16.6. The molecule has 0 aliphatic rings. The molecular formula is C14H24BN3O2. The molecule has 1 rings (SSSR count). The fourth-order valence-corrected chi connectivity index (χ4v) is 1.76. The Labute approximate surface area is 122 Å². The molecule has 110 valence electrons. The molecule has 20 heavy (non-hydrogen) atoms. The average Bonchev–Trinajstić information content (AvgIpc) is 2.71. The Morgan fingerprint density at radius 2 is 2.05 bits per heavy atom. The van der Waals surface area contributed by atoms with Crippen molar-refractivity contribution in [2.24, 2.45) is 0 Å². The van der Waals surface area contributed by atoms with Gasteiger partial charge in [0.1, 0.15) is 13.4 Å². The van der Waals surface area contributed by atoms with Gasteiger partial charge in [0.15, 0.2) is 0 Å². The molecule has 1 N–H and O–H groups in total. The molecule has 1 amide bonds. The third kappa shape index (κ3) is 7.87. The first-order valence-electron chi connectivity index (χ1n) is 7.11. The van der Waals surface area contributed by atoms with Crippen molar-refractivity contribution < 1.29 is 9.53 Å². The van der Waals surface area contributed by atoms with Crippen LogP contribution in [0.1, 0.15) is 46.5 Å². The van der Waals surface area contributed by atoms with E-state index in [1.165, 1.54) is 0 Å². The fourth-order valence-electron chi connectivity index (χ4n) is 1.76. The first-order valence-corrected chi connectivity index (χ1v) is 7.11. The van der Waals surface area contributed by atoms with Crippen LogP contribution in [0.15, 0.2) is 12.4 Å². The molecule has 0 saturated carbocycles. The van der Waals surface area contributed by atoms with Crippen LogP contribution in [0.25, 0.3) is 0 Å². The van der Waals surface area contributed by atoms with Crippen LogP contribution in [-0.2, 0) is 11.3 Å². The lowest BCUT2D eigenvalue weighted by Crippen LogP contribution is -2.32. The zero-order valence-corrected chi connectivity index (χ0v) is 12.7. The van der Waals surface area contributed by atoms with Gasteiger partial charge in [-0.15, -0.1) is 0 Å². The molecule has 2 radical (unpaired) electrons. The second kappa shape index (κ2) is 7.97. The van der Waals surface area contributed by atoms with Gasteiger partial charge in [0.05, 0.1) is 0 Å². The van der Waals surface area contributed by atoms with Gasteiger partial charge in [-0.2, -0.15) is 5.10 Å². The standard InChI is InChI=1S/C14H24BN3O2/c1-14(2,3)20-13(19)16-8-6-4-5-7-9-18-11-12(15)10-17-18/h10-11H,4-9H2,1-3H3,(H,16,19). The topological polar surface area (TPSA) is 56.2 Å². The monoisotopic (exact) mass is 277 g/mol. The fraction of sp³-hybridized carbons (Fsp3) is 0.714. The van der Waals surface area contributed by atoms with Crippen molar-refractivity contribution in [2.45, 2.75) is 58.6 Å². The number of aryl methyl sites for hydroxylation is 1. The number of nitrogens with zero attached hydrogens (tertiary/aromatic N) is 2. The molecule has 0 fully saturated rings. The van der Waals surface area contributed by atoms with E-state index in [9.17, 15) is 4.79 Å². The molecule has 0 unspecified atom stereocenters. The maximum Gasteiger partial charge on any atom is 0.407 e. The minimum absolute atomic E-state index is 0.343. The highest BCUT2D eigenvalue weighted by Crippen LogP contribution is 2.06. The lowest BCUT2D eigenvalue weighted by atomic mass is 10.0. The summed E-state index contributed by atoms with van der Waals surface area (Å²) in [6, 6.07) is 0. The number of alkyl carbamates (subject to hydrolysis) is 1. The van der Waals surface area contributed by atoms with E-state index in [-0.39, 0.29) is 6.09 Å². The molecule has 1 heterocycles. The average molecular weight is 277 g/mol. The summed E-state index contributed by atoms with van der Waals surface area (Å²) in [7, 11) is 5.59. The second-order valence-electron chi connectivity index (χ2n) is 5.88. The highest BCUT2D eigenvalue weighted by Gasteiger charge is 2.15. The maximum atomic E-state index is 11.4. The minimum Gasteiger partial charge on any atom is -0.444 e. The number of ether oxygens (including phenoxy) is 1. The predicted molar refractivity (Wildman–Crippen MR) is 80.3 cm³/mol. The number of hydrogen-bond donors (Lipinski definition) is 1. The van der Waals surface area contributed by atoms with Crippen molar-refractivity contribution in [3.63, 3.8) is 0 Å². The molecule has 0 aliphatic heterocycles. The Hall–Kier alpha value is -1.46. The summed E-state index contributed by atoms with van der Waals surface area (Å²) in [4.78, 5) is 11.4. The summed E-state index contributed by atoms with van der Waals surface area (Å²) in [6.07, 6.45) is 7.36. The van der Waals surface area contributed by atoms with Crippen LogP contribution in [0.5, 0.6) is 0 Å². The molecule has 0 atom stereocenters. The van der Waals surface area contributed by atoms with E-state index in [2.05, 4.69) is 10.4 Å². The van der Waals surface area contributed by atoms with Crippen molar-refractivity contribution >= 4 is 19.4 Å². The van der Waals surface area contributed by atoms with Gasteiger partial charge in [-0.25, -0.2) is 4.79 Å². The van der Waals surface area contributed by atoms with Gasteiger partial charge in [-0.3, -0.25) is 4.68 Å². The van der Waals surface area contributed by atoms with E-state index in [4.69, 9.17) is 12.6 Å². The third-order valence-electron chi connectivity index (χ3n) is 2.64. The molecule has 5 nitrogen and oxygen atoms in total. The highest BCUT2D eigenvalue weighted by molar-refractivity contribution is 6.31. The largest absolute Gasteiger partial charge is 0.444 e. The number of carbonyl (C=O) groups is 1. The summed E-state index contributed by atoms with van der Waals surface area (Å²) in [5.74, 6) is 0. The number of hydrogen-bond acceptors (Lipinski definition) is 3. The van der Waals surface area contributed by atoms with E-state index in [1.807, 2.05) is 31.6 Å². The lowest BCUT2D eigenvalue weighted by molar-refractivity contribution is 0.0527. The van der Waals surface area contributed by atoms with Gasteiger partial charge in [0, 0.05) is 25.5 Å². The first-order chi connectivity index (χ1) is 9.37. The summed E-state index contributed by atoms with van der Waals surface area (Å²) in [6.45, 7) is 7.11. The highest BCUT2D eigenvalue weighted by atomic mass is 16.6. The Bertz CT molecular complexity index is 413. The zero-order valence-electron chi connectivity index (χ0n) is 12.7. The van der Waals surface area contributed by atoms with Gasteiger partial charge in [0.25, 0.3) is 0 Å². The van der Waals surface area contributed by atoms with Gasteiger partial charge >= 0.3 is 6.09 Å². The number of amides is 1. The van der Waals surface area contributed by atoms with Gasteiger partial charge < -0.3 is 10.1 Å². The van der Waals surface area contributed by atoms with Crippen molar-refractivity contribution in [3.8, 4) is 0 Å². The number of carbonyl (C=O) groups excluding carboxylic acids is 1. The zero-order chi connectivity index (χ0) is 15.0. The summed E-state index contributed by atoms with van der Waals surface area (Å²) in [5, 5.41) is 6.88. The molecular weight excluding hydrogens is 253 g/mol. The van der Waals surface area contributed by atoms with Gasteiger partial charge in [0.2, 0.25) is 0 Å². The lowest BCUT2D eigenvalue weighted by Gasteiger charge is -2.19. The number of nitrogens with one attached hydrogen (secondary N) is 1. The van der Waals surface area contributed by atoms with Crippen LogP contribution >= 0.6 is 0 Å². The van der Waals surface area contributed by atoms with Crippen molar-refractivity contribution in [3.05, 3.63) is 12.4 Å². The summed E-state index contributed by atoms with van der Waals surface area (Å²) < 4.78 is 7.01. The van der Waals surface area contributed by atoms with E-state index in [0.29, 0.717) is 12.0 Å². The van der Waals surface area contributed by atoms with Crippen LogP contribution in [0.2, 0.25) is 0 Å². The predicted octanol–water partition coefficient (Wildman–Crippen LogP) is 1.76. The molecule has 0 aromatic carbocycles. The van der Waals surface area contributed by atoms with E-state index in [1.54, 1.807) is 6.20 Å². The summed E-state index contributed by atoms with van der Waals surface area (Å²) in [5.41, 5.74) is 0.266. The van der Waals surface area contributed by atoms with E-state index in [0.717, 1.165) is 32.2 Å². The SMILES string of the molecule is [B]c1cnn(CCCCCCNC(=O)OC(C)(C)C)c1. The van der Waals surface area contributed by atoms with E-state index >= 15 is 0 Å². The van der Waals surface area contributed by atoms with E-state index < -0.39 is 5.60 Å². The molecule has 1 aromatic heterocycles. The van der Waals surface area contributed by atoms with Crippen LogP contribution in [0.4, 0.5) is 4.79 Å². The quantitative estimate of drug-likeness (QED) is 0.610. The normalized spacial score (nSPS) is 11.3. The van der Waals surface area contributed by atoms with Crippen molar-refractivity contribution in [2.75, 3.05) is 6.54 Å². The number of rotatable bonds is 7. The molecule has 6 heteroatoms. The Balaban J connectivity index is 1.96. The van der Waals surface area contributed by atoms with Crippen LogP contribution in [0.3, 0.4) is 0 Å². The number of aromatic nitrogens is 2. The smallest absolute Gasteiger partial charge is 0.407 e. The maximum absolute atomic E-state index is 11.4. The van der Waals surface area contributed by atoms with Crippen molar-refractivity contribution in [1.82, 2.24) is 15.1 Å². The molecule has 0 spiro atoms. The second-order valence-corrected chi connectivity index (χ2v) is 5.88. The minimum atomic E-state index is -0.435. The third-order valence-corrected chi connectivity index (χ3v) is 2.64. The van der Waals surface area contributed by atoms with Crippen molar-refractivity contribution in [1.29, 1.82) is 0 Å². The Kier molecular flexibility index (Phi) is 6.62. The molecule has 0 aliphatic carbocycles. The Morgan fingerprint density at radius 1 is 1.35 bits per heavy atom. The van der Waals surface area contributed by atoms with Crippen LogP contribution in [0, 0.1) is 0 Å². The number of unbranched alkanes of at least 4 members (excludes halogenated alkanes) is 3. The molecule has 0 bridgehead atoms.